The van der Waals surface area contributed by atoms with Crippen molar-refractivity contribution in [2.24, 2.45) is 5.73 Å². The molecule has 0 saturated carbocycles. The maximum Gasteiger partial charge on any atom is 0.0471 e. The molecule has 1 heterocycles. The first-order valence-corrected chi connectivity index (χ1v) is 6.43. The average Bonchev–Trinajstić information content (AvgIpc) is 2.29. The van der Waals surface area contributed by atoms with Gasteiger partial charge in [-0.3, -0.25) is 0 Å². The topological polar surface area (TPSA) is 32.5 Å². The molecule has 3 nitrogen and oxygen atoms in total. The summed E-state index contributed by atoms with van der Waals surface area (Å²) in [5, 5.41) is 0.774. The van der Waals surface area contributed by atoms with Crippen LogP contribution in [0.5, 0.6) is 0 Å². The SMILES string of the molecule is CC1CN(C)CCN1c1ccc(CN)c(Cl)c1. The Morgan fingerprint density at radius 3 is 2.76 bits per heavy atom. The van der Waals surface area contributed by atoms with Crippen LogP contribution in [0.3, 0.4) is 0 Å². The number of nitrogens with zero attached hydrogens (tertiary/aromatic N) is 2. The van der Waals surface area contributed by atoms with Crippen molar-refractivity contribution in [1.29, 1.82) is 0 Å². The number of hydrogen-bond acceptors (Lipinski definition) is 3. The van der Waals surface area contributed by atoms with Crippen LogP contribution in [-0.4, -0.2) is 37.6 Å². The fourth-order valence-electron chi connectivity index (χ4n) is 2.40. The van der Waals surface area contributed by atoms with Crippen LogP contribution in [0.4, 0.5) is 5.69 Å². The third kappa shape index (κ3) is 2.73. The van der Waals surface area contributed by atoms with Gasteiger partial charge in [0.2, 0.25) is 0 Å². The second-order valence-corrected chi connectivity index (χ2v) is 5.19. The first-order valence-electron chi connectivity index (χ1n) is 6.05. The normalized spacial score (nSPS) is 21.9. The van der Waals surface area contributed by atoms with E-state index in [1.165, 1.54) is 5.69 Å². The summed E-state index contributed by atoms with van der Waals surface area (Å²) in [5.41, 5.74) is 7.83. The van der Waals surface area contributed by atoms with Gasteiger partial charge < -0.3 is 15.5 Å². The Morgan fingerprint density at radius 2 is 2.18 bits per heavy atom. The van der Waals surface area contributed by atoms with Crippen LogP contribution in [0.2, 0.25) is 5.02 Å². The molecule has 0 aliphatic carbocycles. The van der Waals surface area contributed by atoms with Crippen LogP contribution in [0, 0.1) is 0 Å². The van der Waals surface area contributed by atoms with Crippen LogP contribution >= 0.6 is 11.6 Å². The number of piperazine rings is 1. The lowest BCUT2D eigenvalue weighted by Crippen LogP contribution is -2.50. The highest BCUT2D eigenvalue weighted by molar-refractivity contribution is 6.31. The second-order valence-electron chi connectivity index (χ2n) is 4.78. The lowest BCUT2D eigenvalue weighted by molar-refractivity contribution is 0.275. The van der Waals surface area contributed by atoms with Crippen molar-refractivity contribution < 1.29 is 0 Å². The molecule has 1 aliphatic heterocycles. The van der Waals surface area contributed by atoms with E-state index in [2.05, 4.69) is 29.8 Å². The minimum atomic E-state index is 0.497. The summed E-state index contributed by atoms with van der Waals surface area (Å²) < 4.78 is 0. The molecule has 1 aromatic carbocycles. The Bertz CT molecular complexity index is 394. The third-order valence-corrected chi connectivity index (χ3v) is 3.77. The first kappa shape index (κ1) is 12.7. The maximum absolute atomic E-state index is 6.21. The zero-order valence-electron chi connectivity index (χ0n) is 10.5. The van der Waals surface area contributed by atoms with Crippen LogP contribution in [0.25, 0.3) is 0 Å². The van der Waals surface area contributed by atoms with Crippen LogP contribution in [-0.2, 0) is 6.54 Å². The van der Waals surface area contributed by atoms with Crippen molar-refractivity contribution >= 4 is 17.3 Å². The van der Waals surface area contributed by atoms with Crippen molar-refractivity contribution in [1.82, 2.24) is 4.90 Å². The molecule has 2 N–H and O–H groups in total. The summed E-state index contributed by atoms with van der Waals surface area (Å²) >= 11 is 6.21. The molecule has 0 bridgehead atoms. The van der Waals surface area contributed by atoms with E-state index in [9.17, 15) is 0 Å². The average molecular weight is 254 g/mol. The van der Waals surface area contributed by atoms with Gasteiger partial charge in [-0.15, -0.1) is 0 Å². The fraction of sp³-hybridized carbons (Fsp3) is 0.538. The summed E-state index contributed by atoms with van der Waals surface area (Å²) in [6.07, 6.45) is 0. The highest BCUT2D eigenvalue weighted by Gasteiger charge is 2.21. The monoisotopic (exact) mass is 253 g/mol. The van der Waals surface area contributed by atoms with E-state index in [-0.39, 0.29) is 0 Å². The molecule has 0 aromatic heterocycles. The lowest BCUT2D eigenvalue weighted by atomic mass is 10.1. The Balaban J connectivity index is 2.19. The number of anilines is 1. The molecule has 2 rings (SSSR count). The number of rotatable bonds is 2. The van der Waals surface area contributed by atoms with Gasteiger partial charge in [0.05, 0.1) is 0 Å². The summed E-state index contributed by atoms with van der Waals surface area (Å²) in [4.78, 5) is 4.77. The number of halogens is 1. The van der Waals surface area contributed by atoms with Gasteiger partial charge in [0.25, 0.3) is 0 Å². The van der Waals surface area contributed by atoms with Gasteiger partial charge in [-0.05, 0) is 31.7 Å². The molecule has 94 valence electrons. The van der Waals surface area contributed by atoms with Gasteiger partial charge in [-0.25, -0.2) is 0 Å². The molecule has 0 amide bonds. The molecular weight excluding hydrogens is 234 g/mol. The first-order chi connectivity index (χ1) is 8.11. The predicted octanol–water partition coefficient (Wildman–Crippen LogP) is 1.94. The molecule has 1 unspecified atom stereocenters. The van der Waals surface area contributed by atoms with Crippen molar-refractivity contribution in [2.75, 3.05) is 31.6 Å². The van der Waals surface area contributed by atoms with Gasteiger partial charge in [0.15, 0.2) is 0 Å². The van der Waals surface area contributed by atoms with Gasteiger partial charge in [-0.2, -0.15) is 0 Å². The summed E-state index contributed by atoms with van der Waals surface area (Å²) in [5.74, 6) is 0. The number of benzene rings is 1. The quantitative estimate of drug-likeness (QED) is 0.874. The van der Waals surface area contributed by atoms with Crippen molar-refractivity contribution in [3.63, 3.8) is 0 Å². The molecule has 1 aliphatic rings. The largest absolute Gasteiger partial charge is 0.366 e. The van der Waals surface area contributed by atoms with E-state index in [0.29, 0.717) is 12.6 Å². The fourth-order valence-corrected chi connectivity index (χ4v) is 2.66. The highest BCUT2D eigenvalue weighted by atomic mass is 35.5. The highest BCUT2D eigenvalue weighted by Crippen LogP contribution is 2.26. The predicted molar refractivity (Wildman–Crippen MR) is 73.6 cm³/mol. The number of hydrogen-bond donors (Lipinski definition) is 1. The zero-order chi connectivity index (χ0) is 12.4. The van der Waals surface area contributed by atoms with E-state index < -0.39 is 0 Å². The Labute approximate surface area is 108 Å². The van der Waals surface area contributed by atoms with E-state index >= 15 is 0 Å². The number of nitrogens with two attached hydrogens (primary N) is 1. The minimum absolute atomic E-state index is 0.497. The number of likely N-dealkylation sites (N-methyl/N-ethyl adjacent to an activating group) is 1. The Morgan fingerprint density at radius 1 is 1.41 bits per heavy atom. The van der Waals surface area contributed by atoms with E-state index in [1.54, 1.807) is 0 Å². The van der Waals surface area contributed by atoms with E-state index in [0.717, 1.165) is 30.2 Å². The second kappa shape index (κ2) is 5.25. The third-order valence-electron chi connectivity index (χ3n) is 3.42. The summed E-state index contributed by atoms with van der Waals surface area (Å²) in [6.45, 7) is 5.99. The van der Waals surface area contributed by atoms with Crippen LogP contribution in [0.15, 0.2) is 18.2 Å². The van der Waals surface area contributed by atoms with Crippen molar-refractivity contribution in [3.05, 3.63) is 28.8 Å². The Kier molecular flexibility index (Phi) is 3.92. The standard InChI is InChI=1S/C13H20ClN3/c1-10-9-16(2)5-6-17(10)12-4-3-11(8-15)13(14)7-12/h3-4,7,10H,5-6,8-9,15H2,1-2H3. The molecule has 1 fully saturated rings. The molecule has 0 radical (unpaired) electrons. The minimum Gasteiger partial charge on any atom is -0.366 e. The molecule has 1 saturated heterocycles. The van der Waals surface area contributed by atoms with Gasteiger partial charge >= 0.3 is 0 Å². The van der Waals surface area contributed by atoms with Gasteiger partial charge in [-0.1, -0.05) is 17.7 Å². The smallest absolute Gasteiger partial charge is 0.0471 e. The van der Waals surface area contributed by atoms with Gasteiger partial charge in [0.1, 0.15) is 0 Å². The molecule has 17 heavy (non-hydrogen) atoms. The van der Waals surface area contributed by atoms with Crippen LogP contribution < -0.4 is 10.6 Å². The Hall–Kier alpha value is -0.770. The zero-order valence-corrected chi connectivity index (χ0v) is 11.2. The van der Waals surface area contributed by atoms with Gasteiger partial charge in [0, 0.05) is 42.9 Å². The van der Waals surface area contributed by atoms with Crippen molar-refractivity contribution in [3.8, 4) is 0 Å². The van der Waals surface area contributed by atoms with Crippen molar-refractivity contribution in [2.45, 2.75) is 19.5 Å². The lowest BCUT2D eigenvalue weighted by Gasteiger charge is -2.40. The molecule has 0 spiro atoms. The van der Waals surface area contributed by atoms with E-state index in [4.69, 9.17) is 17.3 Å². The summed E-state index contributed by atoms with van der Waals surface area (Å²) in [6, 6.07) is 6.71. The molecule has 1 aromatic rings. The summed E-state index contributed by atoms with van der Waals surface area (Å²) in [7, 11) is 2.17. The molecule has 1 atom stereocenters. The maximum atomic E-state index is 6.21. The molecule has 4 heteroatoms. The van der Waals surface area contributed by atoms with Crippen LogP contribution in [0.1, 0.15) is 12.5 Å². The molecular formula is C13H20ClN3. The van der Waals surface area contributed by atoms with E-state index in [1.807, 2.05) is 12.1 Å².